The largest absolute Gasteiger partial charge is 0.509 e. The number of nitrogens with zero attached hydrogens (tertiary/aromatic N) is 4. The molecule has 2 N–H and O–H groups in total. The Kier molecular flexibility index (Phi) is 23.8. The Bertz CT molecular complexity index is 2710. The van der Waals surface area contributed by atoms with Gasteiger partial charge in [0.1, 0.15) is 12.4 Å². The van der Waals surface area contributed by atoms with Crippen LogP contribution in [0.3, 0.4) is 0 Å². The molecule has 19 nitrogen and oxygen atoms in total. The van der Waals surface area contributed by atoms with Crippen LogP contribution in [0, 0.1) is 23.7 Å². The van der Waals surface area contributed by atoms with Gasteiger partial charge in [0.2, 0.25) is 17.6 Å². The maximum atomic E-state index is 14.9. The number of amides is 2. The van der Waals surface area contributed by atoms with E-state index in [2.05, 4.69) is 20.9 Å². The van der Waals surface area contributed by atoms with Crippen LogP contribution in [0.25, 0.3) is 0 Å². The molecule has 4 aromatic rings. The van der Waals surface area contributed by atoms with Crippen molar-refractivity contribution in [2.24, 2.45) is 30.7 Å². The molecule has 5 rings (SSSR count). The number of rotatable bonds is 32. The summed E-state index contributed by atoms with van der Waals surface area (Å²) in [4.78, 5) is 100. The predicted molar refractivity (Wildman–Crippen MR) is 286 cm³/mol. The molecule has 1 aliphatic heterocycles. The van der Waals surface area contributed by atoms with Gasteiger partial charge in [-0.15, -0.1) is 5.10 Å². The molecular weight excluding hydrogens is 1010 g/mol. The van der Waals surface area contributed by atoms with Crippen molar-refractivity contribution in [2.45, 2.75) is 122 Å². The first-order valence-electron chi connectivity index (χ1n) is 26.5. The van der Waals surface area contributed by atoms with E-state index < -0.39 is 80.7 Å². The van der Waals surface area contributed by atoms with Crippen LogP contribution in [0.1, 0.15) is 107 Å². The van der Waals surface area contributed by atoms with E-state index in [1.54, 1.807) is 57.4 Å². The zero-order valence-electron chi connectivity index (χ0n) is 45.4. The number of nitrogens with one attached hydrogen (secondary N) is 2. The third-order valence-electron chi connectivity index (χ3n) is 13.2. The lowest BCUT2D eigenvalue weighted by Gasteiger charge is -2.32. The number of aryl methyl sites for hydroxylation is 3. The van der Waals surface area contributed by atoms with Gasteiger partial charge in [-0.05, 0) is 81.0 Å². The molecule has 3 aromatic carbocycles. The first kappa shape index (κ1) is 61.4. The van der Waals surface area contributed by atoms with Gasteiger partial charge in [0.25, 0.3) is 10.1 Å². The van der Waals surface area contributed by atoms with Gasteiger partial charge in [-0.3, -0.25) is 42.5 Å². The van der Waals surface area contributed by atoms with Crippen molar-refractivity contribution >= 4 is 51.2 Å². The van der Waals surface area contributed by atoms with Crippen molar-refractivity contribution in [2.75, 3.05) is 46.1 Å². The average Bonchev–Trinajstić information content (AvgIpc) is 3.82. The number of carbonyl (C=O) groups is 7. The van der Waals surface area contributed by atoms with E-state index in [1.165, 1.54) is 29.8 Å². The van der Waals surface area contributed by atoms with Crippen LogP contribution < -0.4 is 10.6 Å². The van der Waals surface area contributed by atoms with Crippen molar-refractivity contribution in [3.8, 4) is 0 Å². The van der Waals surface area contributed by atoms with Gasteiger partial charge in [0, 0.05) is 69.4 Å². The molecule has 20 heteroatoms. The van der Waals surface area contributed by atoms with Crippen molar-refractivity contribution in [1.29, 1.82) is 0 Å². The van der Waals surface area contributed by atoms with Crippen molar-refractivity contribution in [3.63, 3.8) is 0 Å². The zero-order valence-corrected chi connectivity index (χ0v) is 46.3. The lowest BCUT2D eigenvalue weighted by Crippen LogP contribution is -2.56. The van der Waals surface area contributed by atoms with Crippen molar-refractivity contribution in [1.82, 2.24) is 30.5 Å². The molecule has 1 unspecified atom stereocenters. The van der Waals surface area contributed by atoms with Crippen LogP contribution in [-0.4, -0.2) is 133 Å². The normalized spacial score (nSPS) is 15.4. The van der Waals surface area contributed by atoms with E-state index in [9.17, 15) is 42.0 Å². The van der Waals surface area contributed by atoms with E-state index in [0.29, 0.717) is 50.4 Å². The number of aromatic nitrogens is 3. The van der Waals surface area contributed by atoms with Gasteiger partial charge < -0.3 is 24.8 Å². The van der Waals surface area contributed by atoms with E-state index in [0.717, 1.165) is 18.6 Å². The number of benzene rings is 3. The number of ether oxygens (including phenoxy) is 3. The molecule has 0 aliphatic carbocycles. The quantitative estimate of drug-likeness (QED) is 0.0311. The van der Waals surface area contributed by atoms with Gasteiger partial charge >= 0.3 is 6.16 Å². The lowest BCUT2D eigenvalue weighted by atomic mass is 9.86. The fraction of sp³-hybridized carbons (Fsp3) is 0.526. The van der Waals surface area contributed by atoms with Crippen LogP contribution in [0.15, 0.2) is 96.0 Å². The summed E-state index contributed by atoms with van der Waals surface area (Å²) in [6.45, 7) is 11.3. The molecule has 0 spiro atoms. The minimum atomic E-state index is -4.73. The number of carbonyl (C=O) groups excluding carboxylic acids is 7. The molecule has 418 valence electrons. The zero-order chi connectivity index (χ0) is 56.1. The minimum absolute atomic E-state index is 0.00944. The molecule has 1 aliphatic rings. The van der Waals surface area contributed by atoms with Crippen molar-refractivity contribution < 1.29 is 60.4 Å². The summed E-state index contributed by atoms with van der Waals surface area (Å²) < 4.78 is 50.6. The van der Waals surface area contributed by atoms with Crippen LogP contribution in [0.5, 0.6) is 0 Å². The Morgan fingerprint density at radius 1 is 0.779 bits per heavy atom. The molecule has 2 heterocycles. The third kappa shape index (κ3) is 20.1. The number of ketones is 4. The monoisotopic (exact) mass is 1080 g/mol. The van der Waals surface area contributed by atoms with Gasteiger partial charge in [-0.1, -0.05) is 106 Å². The summed E-state index contributed by atoms with van der Waals surface area (Å²) in [6.07, 6.45) is 1.41. The maximum Gasteiger partial charge on any atom is 0.509 e. The highest BCUT2D eigenvalue weighted by molar-refractivity contribution is 7.86. The smallest absolute Gasteiger partial charge is 0.435 e. The summed E-state index contributed by atoms with van der Waals surface area (Å²) in [5.41, 5.74) is -0.0177. The predicted octanol–water partition coefficient (Wildman–Crippen LogP) is 6.26. The summed E-state index contributed by atoms with van der Waals surface area (Å²) in [7, 11) is -3.04. The van der Waals surface area contributed by atoms with Gasteiger partial charge in [-0.2, -0.15) is 8.42 Å². The number of hydrogen-bond donors (Lipinski definition) is 2. The Hall–Kier alpha value is -6.48. The van der Waals surface area contributed by atoms with E-state index in [-0.39, 0.29) is 87.1 Å². The summed E-state index contributed by atoms with van der Waals surface area (Å²) >= 11 is 0. The number of morpholine rings is 1. The molecule has 2 amide bonds. The summed E-state index contributed by atoms with van der Waals surface area (Å²) in [6, 6.07) is 21.4. The van der Waals surface area contributed by atoms with Crippen LogP contribution in [0.4, 0.5) is 4.79 Å². The molecule has 1 fully saturated rings. The highest BCUT2D eigenvalue weighted by Gasteiger charge is 2.45. The first-order chi connectivity index (χ1) is 36.6. The Balaban J connectivity index is 1.38. The van der Waals surface area contributed by atoms with Crippen LogP contribution >= 0.6 is 0 Å². The molecular formula is C57H76N6O13S. The molecule has 5 atom stereocenters. The highest BCUT2D eigenvalue weighted by atomic mass is 32.2. The number of Topliss-reactive ketones (excluding diaryl/α,β-unsaturated/α-hetero) is 4. The van der Waals surface area contributed by atoms with Crippen molar-refractivity contribution in [3.05, 3.63) is 114 Å². The van der Waals surface area contributed by atoms with Gasteiger partial charge in [0.15, 0.2) is 17.2 Å². The van der Waals surface area contributed by atoms with Gasteiger partial charge in [0.05, 0.1) is 49.0 Å². The maximum absolute atomic E-state index is 14.9. The lowest BCUT2D eigenvalue weighted by molar-refractivity contribution is -0.146. The molecule has 1 saturated heterocycles. The van der Waals surface area contributed by atoms with Crippen LogP contribution in [-0.2, 0) is 78.8 Å². The summed E-state index contributed by atoms with van der Waals surface area (Å²) in [5.74, 6) is -5.12. The van der Waals surface area contributed by atoms with E-state index in [1.807, 2.05) is 49.1 Å². The Morgan fingerprint density at radius 2 is 1.40 bits per heavy atom. The number of hydrogen-bond acceptors (Lipinski definition) is 16. The second-order valence-corrected chi connectivity index (χ2v) is 22.3. The average molecular weight is 1090 g/mol. The SMILES string of the molecule is CCOC(=O)OC(C)(COS(=O)(=O)c1cccc(C(=O)CCc2cn(C)nn2)c1)C(=O)[C@H](CC(C)C)NC(=O)[C@@H](CC(=O)[C@H](CC(C)C)NC(=O)[C@H](CCc1ccccc1)CC(=O)CN1CCOCC1)Cc1ccccc1. The third-order valence-corrected chi connectivity index (χ3v) is 14.4. The fourth-order valence-corrected chi connectivity index (χ4v) is 10.1. The van der Waals surface area contributed by atoms with Gasteiger partial charge in [-0.25, -0.2) is 4.79 Å². The first-order valence-corrected chi connectivity index (χ1v) is 27.9. The fourth-order valence-electron chi connectivity index (χ4n) is 9.05. The topological polar surface area (TPSA) is 249 Å². The molecule has 0 saturated carbocycles. The molecule has 1 aromatic heterocycles. The standard InChI is InChI=1S/C57H76N6O13S/c1-8-74-56(70)76-57(6,38-75-77(71,72)48-21-15-20-43(34-48)51(65)25-24-46-36-62(7)61-60-46)53(67)50(31-40(4)5)59-55(69)45(32-42-18-13-10-14-19-42)35-52(66)49(30-39(2)3)58-54(68)44(23-22-41-16-11-9-12-17-41)33-47(64)37-63-26-28-73-29-27-63/h9-21,34,36,39-40,44-45,49-50H,8,22-33,35,37-38H2,1-7H3,(H,58,68)(H,59,69)/t44-,45-,49+,50+,57?/m1/s1. The molecule has 0 bridgehead atoms. The van der Waals surface area contributed by atoms with E-state index >= 15 is 0 Å². The molecule has 0 radical (unpaired) electrons. The highest BCUT2D eigenvalue weighted by Crippen LogP contribution is 2.26. The second-order valence-electron chi connectivity index (χ2n) is 20.7. The Labute approximate surface area is 452 Å². The van der Waals surface area contributed by atoms with E-state index in [4.69, 9.17) is 18.4 Å². The minimum Gasteiger partial charge on any atom is -0.435 e. The second kappa shape index (κ2) is 29.9. The summed E-state index contributed by atoms with van der Waals surface area (Å²) in [5, 5.41) is 13.7. The Morgan fingerprint density at radius 3 is 2.03 bits per heavy atom. The van der Waals surface area contributed by atoms with Crippen LogP contribution in [0.2, 0.25) is 0 Å². The molecule has 77 heavy (non-hydrogen) atoms.